The highest BCUT2D eigenvalue weighted by Gasteiger charge is 2.30. The van der Waals surface area contributed by atoms with Crippen LogP contribution in [0, 0.1) is 11.3 Å². The van der Waals surface area contributed by atoms with Crippen molar-refractivity contribution in [2.45, 2.75) is 79.2 Å². The molecule has 0 saturated heterocycles. The van der Waals surface area contributed by atoms with Crippen molar-refractivity contribution in [2.75, 3.05) is 11.9 Å². The molecule has 0 bridgehead atoms. The second-order valence-corrected chi connectivity index (χ2v) is 9.73. The number of rotatable bonds is 9. The van der Waals surface area contributed by atoms with E-state index < -0.39 is 5.41 Å². The van der Waals surface area contributed by atoms with Gasteiger partial charge in [-0.25, -0.2) is 4.98 Å². The Labute approximate surface area is 162 Å². The second kappa shape index (κ2) is 9.14. The molecule has 1 aromatic heterocycles. The van der Waals surface area contributed by atoms with Crippen LogP contribution in [0.1, 0.15) is 70.9 Å². The van der Waals surface area contributed by atoms with E-state index in [4.69, 9.17) is 0 Å². The molecule has 1 heterocycles. The summed E-state index contributed by atoms with van der Waals surface area (Å²) in [6.07, 6.45) is 5.99. The van der Waals surface area contributed by atoms with Crippen molar-refractivity contribution in [3.8, 4) is 0 Å². The van der Waals surface area contributed by atoms with Gasteiger partial charge in [-0.2, -0.15) is 0 Å². The number of hydrogen-bond donors (Lipinski definition) is 2. The molecular formula is C21H35N3OS. The first-order chi connectivity index (χ1) is 12.2. The summed E-state index contributed by atoms with van der Waals surface area (Å²) in [5.74, 6) is 0.607. The van der Waals surface area contributed by atoms with Crippen LogP contribution in [0.3, 0.4) is 0 Å². The molecule has 4 nitrogen and oxygen atoms in total. The van der Waals surface area contributed by atoms with E-state index >= 15 is 0 Å². The number of aryl methyl sites for hydroxylation is 1. The fourth-order valence-electron chi connectivity index (χ4n) is 3.57. The molecular weight excluding hydrogens is 342 g/mol. The van der Waals surface area contributed by atoms with Crippen molar-refractivity contribution < 1.29 is 4.79 Å². The molecule has 0 aliphatic heterocycles. The zero-order chi connectivity index (χ0) is 19.3. The number of hydrogen-bond acceptors (Lipinski definition) is 4. The number of aromatic nitrogens is 1. The smallest absolute Gasteiger partial charge is 0.232 e. The lowest BCUT2D eigenvalue weighted by molar-refractivity contribution is -0.123. The number of carbonyl (C=O) groups excluding carboxylic acids is 1. The van der Waals surface area contributed by atoms with Crippen molar-refractivity contribution in [3.05, 3.63) is 22.7 Å². The van der Waals surface area contributed by atoms with Crippen molar-refractivity contribution in [1.29, 1.82) is 0 Å². The van der Waals surface area contributed by atoms with Crippen LogP contribution in [0.5, 0.6) is 0 Å². The molecule has 0 unspecified atom stereocenters. The van der Waals surface area contributed by atoms with Gasteiger partial charge in [0.2, 0.25) is 5.91 Å². The third kappa shape index (κ3) is 5.92. The summed E-state index contributed by atoms with van der Waals surface area (Å²) >= 11 is 1.64. The van der Waals surface area contributed by atoms with Crippen molar-refractivity contribution in [1.82, 2.24) is 10.3 Å². The van der Waals surface area contributed by atoms with Gasteiger partial charge in [0, 0.05) is 16.3 Å². The Balaban J connectivity index is 1.95. The Morgan fingerprint density at radius 3 is 2.81 bits per heavy atom. The predicted octanol–water partition coefficient (Wildman–Crippen LogP) is 4.96. The van der Waals surface area contributed by atoms with Crippen molar-refractivity contribution in [2.24, 2.45) is 11.3 Å². The zero-order valence-electron chi connectivity index (χ0n) is 17.1. The molecule has 0 saturated carbocycles. The van der Waals surface area contributed by atoms with Gasteiger partial charge in [-0.15, -0.1) is 11.3 Å². The number of fused-ring (bicyclic) bond motifs is 1. The molecule has 1 aromatic rings. The van der Waals surface area contributed by atoms with Gasteiger partial charge in [-0.05, 0) is 51.0 Å². The Hall–Kier alpha value is -1.20. The van der Waals surface area contributed by atoms with E-state index in [2.05, 4.69) is 43.0 Å². The van der Waals surface area contributed by atoms with Gasteiger partial charge >= 0.3 is 0 Å². The van der Waals surface area contributed by atoms with Gasteiger partial charge < -0.3 is 10.6 Å². The monoisotopic (exact) mass is 377 g/mol. The van der Waals surface area contributed by atoms with E-state index in [1.54, 1.807) is 11.3 Å². The molecule has 2 rings (SSSR count). The average Bonchev–Trinajstić information content (AvgIpc) is 2.92. The fourth-order valence-corrected chi connectivity index (χ4v) is 4.66. The van der Waals surface area contributed by atoms with Gasteiger partial charge in [-0.3, -0.25) is 4.79 Å². The third-order valence-electron chi connectivity index (χ3n) is 4.85. The maximum absolute atomic E-state index is 12.8. The van der Waals surface area contributed by atoms with Crippen molar-refractivity contribution in [3.63, 3.8) is 0 Å². The standard InChI is InChI=1S/C21H35N3OS/c1-7-10-22-16-8-9-17-18(12-16)26-20(23-17)24-19(25)21(5,6)13-15(4)11-14(2)3/h14,16,22H,4,7-13H2,1-3,5-6H3,(H,23,24,25)/t16-/m1/s1. The number of carbonyl (C=O) groups is 1. The summed E-state index contributed by atoms with van der Waals surface area (Å²) in [5, 5.41) is 7.42. The fraction of sp³-hybridized carbons (Fsp3) is 0.714. The topological polar surface area (TPSA) is 54.0 Å². The number of allylic oxidation sites excluding steroid dienone is 1. The van der Waals surface area contributed by atoms with Gasteiger partial charge in [0.25, 0.3) is 0 Å². The lowest BCUT2D eigenvalue weighted by Crippen LogP contribution is -2.34. The first-order valence-corrected chi connectivity index (χ1v) is 10.7. The number of thiazole rings is 1. The summed E-state index contributed by atoms with van der Waals surface area (Å²) < 4.78 is 0. The van der Waals surface area contributed by atoms with Crippen LogP contribution in [0.4, 0.5) is 5.13 Å². The van der Waals surface area contributed by atoms with Gasteiger partial charge in [0.05, 0.1) is 5.69 Å². The Morgan fingerprint density at radius 1 is 1.42 bits per heavy atom. The van der Waals surface area contributed by atoms with Crippen molar-refractivity contribution >= 4 is 22.4 Å². The number of nitrogens with zero attached hydrogens (tertiary/aromatic N) is 1. The van der Waals surface area contributed by atoms with Crippen LogP contribution >= 0.6 is 11.3 Å². The van der Waals surface area contributed by atoms with E-state index in [1.165, 1.54) is 10.6 Å². The largest absolute Gasteiger partial charge is 0.314 e. The lowest BCUT2D eigenvalue weighted by Gasteiger charge is -2.24. The molecule has 5 heteroatoms. The Kier molecular flexibility index (Phi) is 7.42. The Bertz CT molecular complexity index is 633. The predicted molar refractivity (Wildman–Crippen MR) is 112 cm³/mol. The van der Waals surface area contributed by atoms with Crippen LogP contribution in [-0.2, 0) is 17.6 Å². The number of anilines is 1. The van der Waals surface area contributed by atoms with E-state index in [-0.39, 0.29) is 5.91 Å². The first kappa shape index (κ1) is 21.1. The highest BCUT2D eigenvalue weighted by atomic mass is 32.1. The van der Waals surface area contributed by atoms with Gasteiger partial charge in [-0.1, -0.05) is 46.8 Å². The van der Waals surface area contributed by atoms with E-state index in [9.17, 15) is 4.79 Å². The maximum atomic E-state index is 12.8. The normalized spacial score (nSPS) is 17.2. The molecule has 1 amide bonds. The van der Waals surface area contributed by atoms with Gasteiger partial charge in [0.1, 0.15) is 0 Å². The van der Waals surface area contributed by atoms with Crippen LogP contribution < -0.4 is 10.6 Å². The highest BCUT2D eigenvalue weighted by Crippen LogP contribution is 2.33. The van der Waals surface area contributed by atoms with E-state index in [0.717, 1.165) is 49.4 Å². The minimum atomic E-state index is -0.469. The molecule has 26 heavy (non-hydrogen) atoms. The van der Waals surface area contributed by atoms with Crippen LogP contribution in [0.25, 0.3) is 0 Å². The highest BCUT2D eigenvalue weighted by molar-refractivity contribution is 7.15. The number of nitrogens with one attached hydrogen (secondary N) is 2. The Morgan fingerprint density at radius 2 is 2.15 bits per heavy atom. The zero-order valence-corrected chi connectivity index (χ0v) is 17.9. The molecule has 146 valence electrons. The van der Waals surface area contributed by atoms with E-state index in [0.29, 0.717) is 18.4 Å². The second-order valence-electron chi connectivity index (χ2n) is 8.65. The summed E-state index contributed by atoms with van der Waals surface area (Å²) in [6, 6.07) is 0.544. The molecule has 0 fully saturated rings. The summed E-state index contributed by atoms with van der Waals surface area (Å²) in [7, 11) is 0. The SMILES string of the molecule is C=C(CC(C)C)CC(C)(C)C(=O)Nc1nc2c(s1)C[C@H](NCCC)CC2. The molecule has 0 aromatic carbocycles. The summed E-state index contributed by atoms with van der Waals surface area (Å²) in [6.45, 7) is 15.8. The molecule has 0 spiro atoms. The average molecular weight is 378 g/mol. The molecule has 2 N–H and O–H groups in total. The van der Waals surface area contributed by atoms with Crippen LogP contribution in [0.2, 0.25) is 0 Å². The minimum absolute atomic E-state index is 0.0363. The first-order valence-electron chi connectivity index (χ1n) is 9.91. The van der Waals surface area contributed by atoms with Gasteiger partial charge in [0.15, 0.2) is 5.13 Å². The molecule has 1 atom stereocenters. The third-order valence-corrected chi connectivity index (χ3v) is 5.88. The quantitative estimate of drug-likeness (QED) is 0.598. The van der Waals surface area contributed by atoms with Crippen LogP contribution in [-0.4, -0.2) is 23.5 Å². The summed E-state index contributed by atoms with van der Waals surface area (Å²) in [5.41, 5.74) is 1.84. The molecule has 0 radical (unpaired) electrons. The van der Waals surface area contributed by atoms with Crippen LogP contribution in [0.15, 0.2) is 12.2 Å². The summed E-state index contributed by atoms with van der Waals surface area (Å²) in [4.78, 5) is 18.8. The number of amides is 1. The minimum Gasteiger partial charge on any atom is -0.314 e. The molecule has 1 aliphatic carbocycles. The lowest BCUT2D eigenvalue weighted by atomic mass is 9.83. The molecule has 1 aliphatic rings. The van der Waals surface area contributed by atoms with E-state index in [1.807, 2.05) is 13.8 Å². The maximum Gasteiger partial charge on any atom is 0.232 e.